The Morgan fingerprint density at radius 1 is 1.46 bits per heavy atom. The van der Waals surface area contributed by atoms with Crippen LogP contribution in [0.3, 0.4) is 0 Å². The normalized spacial score (nSPS) is 15.3. The van der Waals surface area contributed by atoms with E-state index in [1.54, 1.807) is 0 Å². The van der Waals surface area contributed by atoms with Crippen LogP contribution in [-0.2, 0) is 6.42 Å². The maximum atomic E-state index is 4.60. The van der Waals surface area contributed by atoms with Crippen LogP contribution in [-0.4, -0.2) is 11.5 Å². The van der Waals surface area contributed by atoms with Crippen molar-refractivity contribution in [2.24, 2.45) is 0 Å². The summed E-state index contributed by atoms with van der Waals surface area (Å²) in [5, 5.41) is 3.35. The number of rotatable bonds is 1. The maximum Gasteiger partial charge on any atom is 0.129 e. The van der Waals surface area contributed by atoms with Gasteiger partial charge in [-0.3, -0.25) is 0 Å². The van der Waals surface area contributed by atoms with Gasteiger partial charge in [-0.1, -0.05) is 19.9 Å². The van der Waals surface area contributed by atoms with Crippen LogP contribution >= 0.6 is 0 Å². The van der Waals surface area contributed by atoms with E-state index in [1.807, 2.05) is 0 Å². The van der Waals surface area contributed by atoms with E-state index < -0.39 is 0 Å². The van der Waals surface area contributed by atoms with Gasteiger partial charge >= 0.3 is 0 Å². The van der Waals surface area contributed by atoms with Crippen LogP contribution in [0.1, 0.15) is 38.9 Å². The molecule has 0 atom stereocenters. The van der Waals surface area contributed by atoms with Gasteiger partial charge in [0, 0.05) is 13.7 Å². The number of aryl methyl sites for hydroxylation is 1. The Labute approximate surface area is 80.9 Å². The van der Waals surface area contributed by atoms with E-state index in [2.05, 4.69) is 36.3 Å². The summed E-state index contributed by atoms with van der Waals surface area (Å²) in [6.45, 7) is 5.43. The molecule has 0 radical (unpaired) electrons. The van der Waals surface area contributed by atoms with Crippen molar-refractivity contribution < 1.29 is 1.43 Å². The van der Waals surface area contributed by atoms with Gasteiger partial charge in [0.1, 0.15) is 5.82 Å². The van der Waals surface area contributed by atoms with Gasteiger partial charge in [-0.05, 0) is 30.4 Å². The zero-order valence-electron chi connectivity index (χ0n) is 8.30. The van der Waals surface area contributed by atoms with Crippen LogP contribution in [0.4, 0.5) is 5.82 Å². The molecule has 1 aliphatic rings. The fourth-order valence-corrected chi connectivity index (χ4v) is 1.67. The first kappa shape index (κ1) is 8.54. The smallest absolute Gasteiger partial charge is 0.129 e. The zero-order chi connectivity index (χ0) is 9.26. The number of hydrogen-bond donors (Lipinski definition) is 1. The predicted octanol–water partition coefficient (Wildman–Crippen LogP) is 2.81. The fourth-order valence-electron chi connectivity index (χ4n) is 1.67. The molecule has 1 aliphatic heterocycles. The van der Waals surface area contributed by atoms with E-state index in [0.29, 0.717) is 5.92 Å². The Morgan fingerprint density at radius 3 is 3.08 bits per heavy atom. The Balaban J connectivity index is 0.000000980. The van der Waals surface area contributed by atoms with Crippen LogP contribution in [0, 0.1) is 0 Å². The van der Waals surface area contributed by atoms with Crippen molar-refractivity contribution in [3.8, 4) is 0 Å². The Kier molecular flexibility index (Phi) is 2.21. The van der Waals surface area contributed by atoms with Gasteiger partial charge in [0.25, 0.3) is 0 Å². The second-order valence-electron chi connectivity index (χ2n) is 3.93. The number of pyridine rings is 1. The molecule has 0 unspecified atom stereocenters. The van der Waals surface area contributed by atoms with Crippen LogP contribution in [0.5, 0.6) is 0 Å². The molecule has 1 aromatic rings. The Morgan fingerprint density at radius 2 is 2.31 bits per heavy atom. The van der Waals surface area contributed by atoms with E-state index in [0.717, 1.165) is 12.4 Å². The largest absolute Gasteiger partial charge is 0.370 e. The van der Waals surface area contributed by atoms with Gasteiger partial charge in [0.05, 0.1) is 0 Å². The summed E-state index contributed by atoms with van der Waals surface area (Å²) < 4.78 is 0. The summed E-state index contributed by atoms with van der Waals surface area (Å²) in [5.41, 5.74) is 2.56. The summed E-state index contributed by atoms with van der Waals surface area (Å²) in [5.74, 6) is 1.63. The molecule has 0 spiro atoms. The third kappa shape index (κ3) is 1.67. The van der Waals surface area contributed by atoms with Crippen molar-refractivity contribution in [1.29, 1.82) is 0 Å². The lowest BCUT2D eigenvalue weighted by Gasteiger charge is -2.18. The van der Waals surface area contributed by atoms with Crippen LogP contribution < -0.4 is 5.32 Å². The molecule has 13 heavy (non-hydrogen) atoms. The van der Waals surface area contributed by atoms with E-state index >= 15 is 0 Å². The SMILES string of the molecule is CC(C)c1ccc2c(n1)NCCC2.[HH]. The lowest BCUT2D eigenvalue weighted by molar-refractivity contribution is 0.783. The Hall–Kier alpha value is -1.05. The van der Waals surface area contributed by atoms with Crippen molar-refractivity contribution in [1.82, 2.24) is 4.98 Å². The van der Waals surface area contributed by atoms with Gasteiger partial charge in [-0.2, -0.15) is 0 Å². The molecule has 2 heteroatoms. The highest BCUT2D eigenvalue weighted by Crippen LogP contribution is 2.22. The molecule has 2 rings (SSSR count). The van der Waals surface area contributed by atoms with Crippen molar-refractivity contribution in [2.75, 3.05) is 11.9 Å². The molecule has 0 amide bonds. The highest BCUT2D eigenvalue weighted by atomic mass is 15.0. The fraction of sp³-hybridized carbons (Fsp3) is 0.545. The minimum absolute atomic E-state index is 0. The number of aromatic nitrogens is 1. The van der Waals surface area contributed by atoms with Gasteiger partial charge in [-0.15, -0.1) is 0 Å². The summed E-state index contributed by atoms with van der Waals surface area (Å²) >= 11 is 0. The van der Waals surface area contributed by atoms with Gasteiger partial charge in [-0.25, -0.2) is 4.98 Å². The molecule has 0 saturated carbocycles. The number of anilines is 1. The molecule has 1 N–H and O–H groups in total. The predicted molar refractivity (Wildman–Crippen MR) is 57.3 cm³/mol. The van der Waals surface area contributed by atoms with Gasteiger partial charge < -0.3 is 5.32 Å². The van der Waals surface area contributed by atoms with E-state index in [9.17, 15) is 0 Å². The third-order valence-electron chi connectivity index (χ3n) is 2.51. The lowest BCUT2D eigenvalue weighted by atomic mass is 10.0. The van der Waals surface area contributed by atoms with E-state index in [-0.39, 0.29) is 1.43 Å². The summed E-state index contributed by atoms with van der Waals surface area (Å²) in [6, 6.07) is 4.36. The lowest BCUT2D eigenvalue weighted by Crippen LogP contribution is -2.14. The average Bonchev–Trinajstić information content (AvgIpc) is 2.17. The first-order chi connectivity index (χ1) is 6.27. The maximum absolute atomic E-state index is 4.60. The molecule has 0 fully saturated rings. The molecule has 0 aromatic carbocycles. The van der Waals surface area contributed by atoms with Gasteiger partial charge in [0.2, 0.25) is 0 Å². The second-order valence-corrected chi connectivity index (χ2v) is 3.93. The van der Waals surface area contributed by atoms with Gasteiger partial charge in [0.15, 0.2) is 0 Å². The quantitative estimate of drug-likeness (QED) is 0.715. The van der Waals surface area contributed by atoms with Crippen molar-refractivity contribution >= 4 is 5.82 Å². The topological polar surface area (TPSA) is 24.9 Å². The van der Waals surface area contributed by atoms with Crippen molar-refractivity contribution in [3.63, 3.8) is 0 Å². The zero-order valence-corrected chi connectivity index (χ0v) is 8.30. The third-order valence-corrected chi connectivity index (χ3v) is 2.51. The first-order valence-electron chi connectivity index (χ1n) is 5.01. The number of hydrogen-bond acceptors (Lipinski definition) is 2. The highest BCUT2D eigenvalue weighted by molar-refractivity contribution is 5.47. The van der Waals surface area contributed by atoms with Crippen LogP contribution in [0.25, 0.3) is 0 Å². The van der Waals surface area contributed by atoms with E-state index in [1.165, 1.54) is 24.1 Å². The summed E-state index contributed by atoms with van der Waals surface area (Å²) in [7, 11) is 0. The molecule has 2 heterocycles. The number of nitrogens with one attached hydrogen (secondary N) is 1. The molecule has 0 saturated heterocycles. The minimum atomic E-state index is 0. The molecular weight excluding hydrogens is 160 g/mol. The van der Waals surface area contributed by atoms with Crippen molar-refractivity contribution in [2.45, 2.75) is 32.6 Å². The number of fused-ring (bicyclic) bond motifs is 1. The first-order valence-corrected chi connectivity index (χ1v) is 5.01. The monoisotopic (exact) mass is 178 g/mol. The number of nitrogens with zero attached hydrogens (tertiary/aromatic N) is 1. The second kappa shape index (κ2) is 3.36. The standard InChI is InChI=1S/C11H16N2.H2/c1-8(2)10-6-5-9-4-3-7-12-11(9)13-10;/h5-6,8H,3-4,7H2,1-2H3,(H,12,13);1H. The van der Waals surface area contributed by atoms with Crippen molar-refractivity contribution in [3.05, 3.63) is 23.4 Å². The average molecular weight is 178 g/mol. The Bertz CT molecular complexity index is 310. The highest BCUT2D eigenvalue weighted by Gasteiger charge is 2.10. The summed E-state index contributed by atoms with van der Waals surface area (Å²) in [6.07, 6.45) is 2.41. The summed E-state index contributed by atoms with van der Waals surface area (Å²) in [4.78, 5) is 4.60. The molecule has 0 bridgehead atoms. The van der Waals surface area contributed by atoms with Crippen LogP contribution in [0.2, 0.25) is 0 Å². The van der Waals surface area contributed by atoms with Crippen LogP contribution in [0.15, 0.2) is 12.1 Å². The molecule has 0 aliphatic carbocycles. The minimum Gasteiger partial charge on any atom is -0.370 e. The molecular formula is C11H18N2. The molecule has 72 valence electrons. The van der Waals surface area contributed by atoms with E-state index in [4.69, 9.17) is 0 Å². The molecule has 2 nitrogen and oxygen atoms in total. The molecule has 1 aromatic heterocycles.